The first-order valence-electron chi connectivity index (χ1n) is 41.5. The SMILES string of the molecule is CC(C)S(=O)(=O)c1ccccc1Nc1nc(Nc2ccc(P(C)(C)=O)c3c2OCC3)ncc1Cl.CCN1CCP(=O)(c2ccc(Nc3nc(Nc4ccc(N5CCC(N6CCN(C)CC6)CC5)cc4OC)ncc3Cl)c(OC)c2)CC1.COc1cc(N2CCC(N3CCCC3)CC2)ccc1Nc1nc(Nc2ccccc2P(C)(C)=O)c2cc[nH]c2n1. The zero-order valence-corrected chi connectivity index (χ0v) is 75.8. The zero-order chi connectivity index (χ0) is 85.3. The van der Waals surface area contributed by atoms with Gasteiger partial charge in [0.15, 0.2) is 21.5 Å². The Balaban J connectivity index is 0.000000150. The van der Waals surface area contributed by atoms with Gasteiger partial charge in [0, 0.05) is 147 Å². The minimum absolute atomic E-state index is 0.166. The van der Waals surface area contributed by atoms with E-state index >= 15 is 0 Å². The number of piperidine rings is 2. The Morgan fingerprint density at radius 2 is 1.05 bits per heavy atom. The number of aromatic nitrogens is 7. The lowest BCUT2D eigenvalue weighted by Crippen LogP contribution is -2.52. The second-order valence-corrected chi connectivity index (χ2v) is 45.3. The van der Waals surface area contributed by atoms with Crippen LogP contribution in [0.1, 0.15) is 64.9 Å². The van der Waals surface area contributed by atoms with Crippen molar-refractivity contribution in [3.8, 4) is 23.0 Å². The first kappa shape index (κ1) is 88.1. The van der Waals surface area contributed by atoms with Gasteiger partial charge in [0.05, 0.1) is 90.0 Å². The molecule has 121 heavy (non-hydrogen) atoms. The van der Waals surface area contributed by atoms with E-state index < -0.39 is 36.5 Å². The van der Waals surface area contributed by atoms with Crippen LogP contribution < -0.4 is 76.6 Å². The van der Waals surface area contributed by atoms with Crippen molar-refractivity contribution in [1.29, 1.82) is 0 Å². The summed E-state index contributed by atoms with van der Waals surface area (Å²) in [5.41, 5.74) is 7.99. The van der Waals surface area contributed by atoms with E-state index in [9.17, 15) is 22.1 Å². The second kappa shape index (κ2) is 38.7. The predicted molar refractivity (Wildman–Crippen MR) is 495 cm³/mol. The smallest absolute Gasteiger partial charge is 0.231 e. The number of ether oxygens (including phenoxy) is 4. The Morgan fingerprint density at radius 3 is 1.62 bits per heavy atom. The van der Waals surface area contributed by atoms with E-state index in [4.69, 9.17) is 52.1 Å². The van der Waals surface area contributed by atoms with Crippen molar-refractivity contribution in [3.05, 3.63) is 156 Å². The number of rotatable bonds is 25. The molecule has 0 saturated carbocycles. The highest BCUT2D eigenvalue weighted by Crippen LogP contribution is 2.49. The summed E-state index contributed by atoms with van der Waals surface area (Å²) in [6.07, 6.45) is 14.3. The molecular weight excluding hydrogens is 1650 g/mol. The molecule has 7 N–H and O–H groups in total. The number of fused-ring (bicyclic) bond motifs is 2. The van der Waals surface area contributed by atoms with Gasteiger partial charge in [0.2, 0.25) is 17.8 Å². The molecule has 10 heterocycles. The number of benzene rings is 6. The zero-order valence-electron chi connectivity index (χ0n) is 70.8. The molecule has 10 aromatic rings. The van der Waals surface area contributed by atoms with Crippen molar-refractivity contribution >= 4 is 162 Å². The molecule has 0 amide bonds. The molecule has 6 aliphatic heterocycles. The molecule has 0 bridgehead atoms. The van der Waals surface area contributed by atoms with Gasteiger partial charge in [-0.1, -0.05) is 54.4 Å². The molecule has 0 unspecified atom stereocenters. The van der Waals surface area contributed by atoms with Crippen molar-refractivity contribution in [1.82, 2.24) is 54.5 Å². The van der Waals surface area contributed by atoms with Crippen molar-refractivity contribution in [3.63, 3.8) is 0 Å². The molecule has 5 saturated heterocycles. The Kier molecular flexibility index (Phi) is 28.2. The first-order valence-corrected chi connectivity index (χ1v) is 51.1. The van der Waals surface area contributed by atoms with Gasteiger partial charge in [-0.15, -0.1) is 0 Å². The van der Waals surface area contributed by atoms with E-state index in [-0.39, 0.29) is 21.7 Å². The molecular formula is C87H112Cl2N19O9P3S. The van der Waals surface area contributed by atoms with Crippen LogP contribution in [0.2, 0.25) is 10.0 Å². The van der Waals surface area contributed by atoms with Crippen molar-refractivity contribution in [2.24, 2.45) is 0 Å². The average Bonchev–Trinajstić information content (AvgIpc) is 1.75. The molecule has 0 spiro atoms. The molecule has 16 rings (SSSR count). The van der Waals surface area contributed by atoms with Crippen molar-refractivity contribution in [2.45, 2.75) is 87.9 Å². The van der Waals surface area contributed by atoms with Gasteiger partial charge in [-0.2, -0.15) is 19.9 Å². The average molecular weight is 1760 g/mol. The predicted octanol–water partition coefficient (Wildman–Crippen LogP) is 15.9. The summed E-state index contributed by atoms with van der Waals surface area (Å²) in [6.45, 7) is 27.0. The Labute approximate surface area is 720 Å². The Morgan fingerprint density at radius 1 is 0.554 bits per heavy atom. The highest BCUT2D eigenvalue weighted by Gasteiger charge is 2.34. The lowest BCUT2D eigenvalue weighted by Gasteiger charge is -2.42. The fraction of sp³-hybridized carbons (Fsp3) is 0.425. The van der Waals surface area contributed by atoms with E-state index in [1.165, 1.54) is 76.6 Å². The number of likely N-dealkylation sites (N-methyl/N-ethyl adjacent to an activating group) is 1. The lowest BCUT2D eigenvalue weighted by molar-refractivity contribution is 0.0982. The maximum atomic E-state index is 13.8. The van der Waals surface area contributed by atoms with Gasteiger partial charge in [-0.25, -0.2) is 18.4 Å². The number of H-pyrrole nitrogens is 1. The van der Waals surface area contributed by atoms with Crippen LogP contribution in [0.3, 0.4) is 0 Å². The number of likely N-dealkylation sites (tertiary alicyclic amines) is 1. The van der Waals surface area contributed by atoms with Gasteiger partial charge in [-0.3, -0.25) is 4.90 Å². The third-order valence-corrected chi connectivity index (χ3v) is 32.5. The molecule has 34 heteroatoms. The number of hydrogen-bond donors (Lipinski definition) is 7. The molecule has 6 aliphatic rings. The number of halogens is 2. The molecule has 0 aliphatic carbocycles. The second-order valence-electron chi connectivity index (χ2n) is 32.5. The molecule has 28 nitrogen and oxygen atoms in total. The summed E-state index contributed by atoms with van der Waals surface area (Å²) >= 11 is 12.9. The number of hydrogen-bond acceptors (Lipinski definition) is 27. The summed E-state index contributed by atoms with van der Waals surface area (Å²) in [7, 11) is -3.76. The number of methoxy groups -OCH3 is 3. The summed E-state index contributed by atoms with van der Waals surface area (Å²) in [5.74, 6) is 5.06. The van der Waals surface area contributed by atoms with E-state index in [1.807, 2.05) is 72.9 Å². The summed E-state index contributed by atoms with van der Waals surface area (Å²) in [6, 6.07) is 39.5. The van der Waals surface area contributed by atoms with Crippen LogP contribution in [0.5, 0.6) is 23.0 Å². The molecule has 6 aromatic carbocycles. The fourth-order valence-corrected chi connectivity index (χ4v) is 23.1. The van der Waals surface area contributed by atoms with E-state index in [0.717, 1.165) is 120 Å². The van der Waals surface area contributed by atoms with Crippen LogP contribution in [-0.2, 0) is 30.0 Å². The largest absolute Gasteiger partial charge is 0.495 e. The van der Waals surface area contributed by atoms with Crippen LogP contribution in [-0.4, -0.2) is 239 Å². The number of aromatic amines is 1. The highest BCUT2D eigenvalue weighted by atomic mass is 35.5. The molecule has 0 radical (unpaired) electrons. The quantitative estimate of drug-likeness (QED) is 0.0262. The minimum atomic E-state index is -3.53. The number of nitrogens with zero attached hydrogens (tertiary/aromatic N) is 12. The third kappa shape index (κ3) is 21.0. The molecule has 0 atom stereocenters. The number of piperazine rings is 1. The number of anilines is 14. The van der Waals surface area contributed by atoms with Gasteiger partial charge in [0.25, 0.3) is 0 Å². The third-order valence-electron chi connectivity index (χ3n) is 23.5. The summed E-state index contributed by atoms with van der Waals surface area (Å²) in [4.78, 5) is 45.7. The van der Waals surface area contributed by atoms with Gasteiger partial charge in [-0.05, 0) is 191 Å². The number of para-hydroxylation sites is 2. The van der Waals surface area contributed by atoms with Gasteiger partial charge >= 0.3 is 0 Å². The van der Waals surface area contributed by atoms with Crippen molar-refractivity contribution < 1.29 is 41.1 Å². The number of nitrogens with one attached hydrogen (secondary N) is 7. The monoisotopic (exact) mass is 1760 g/mol. The fourth-order valence-electron chi connectivity index (χ4n) is 16.5. The van der Waals surface area contributed by atoms with Crippen LogP contribution in [0.15, 0.2) is 145 Å². The standard InChI is InChI=1S/C34H48ClN8O3P.C30H38N7O2P.C23H26ClN4O4PS/c1-5-41-18-20-47(44,21-19-41)27-7-9-29(32(23-27)46-4)37-33-28(35)24-36-34(39-33)38-30-8-6-26(22-31(30)45-3)42-12-10-25(11-13-42)43-16-14-40(2)15-17-43;1-39-26-20-22(37-18-13-21(14-19-37)36-16-6-7-17-36)10-11-24(26)33-30-34-28-23(12-15-31-28)29(35-30)32-25-8-4-5-9-27(25)40(2,3)38;1-14(2)34(30,31)20-8-6-5-7-17(20)26-22-16(24)13-25-23(28-22)27-18-9-10-19(33(3,4)29)15-11-12-32-21(15)18/h6-9,22-25H,5,10-21H2,1-4H3,(H2,36,37,38,39);4-5,8-12,15,20-21H,6-7,13-14,16-19H2,1-3H3,(H3,31,32,33,34,35);5-10,13-14H,11-12H2,1-4H3,(H2,25,26,27,28). The van der Waals surface area contributed by atoms with E-state index in [1.54, 1.807) is 98.4 Å². The number of sulfone groups is 1. The summed E-state index contributed by atoms with van der Waals surface area (Å²) in [5, 5.41) is 22.9. The van der Waals surface area contributed by atoms with Crippen molar-refractivity contribution in [2.75, 3.05) is 201 Å². The topological polar surface area (TPSA) is 307 Å². The molecule has 644 valence electrons. The maximum Gasteiger partial charge on any atom is 0.231 e. The normalized spacial score (nSPS) is 17.1. The van der Waals surface area contributed by atoms with Crippen LogP contribution in [0.4, 0.5) is 80.8 Å². The van der Waals surface area contributed by atoms with E-state index in [2.05, 4.69) is 124 Å². The Bertz CT molecular complexity index is 5590. The first-order chi connectivity index (χ1) is 58.1. The van der Waals surface area contributed by atoms with Crippen LogP contribution in [0, 0.1) is 0 Å². The van der Waals surface area contributed by atoms with Gasteiger partial charge < -0.3 is 94.0 Å². The van der Waals surface area contributed by atoms with Crippen LogP contribution in [0.25, 0.3) is 11.0 Å². The van der Waals surface area contributed by atoms with Gasteiger partial charge in [0.1, 0.15) is 65.9 Å². The molecule has 4 aromatic heterocycles. The van der Waals surface area contributed by atoms with E-state index in [0.29, 0.717) is 99.9 Å². The molecule has 5 fully saturated rings. The lowest BCUT2D eigenvalue weighted by atomic mass is 10.0. The Hall–Kier alpha value is -9.24. The maximum absolute atomic E-state index is 13.8. The highest BCUT2D eigenvalue weighted by molar-refractivity contribution is 7.92. The summed E-state index contributed by atoms with van der Waals surface area (Å²) < 4.78 is 88.1. The van der Waals surface area contributed by atoms with Crippen LogP contribution >= 0.6 is 44.6 Å². The minimum Gasteiger partial charge on any atom is -0.495 e.